The van der Waals surface area contributed by atoms with Crippen molar-refractivity contribution in [3.8, 4) is 5.75 Å². The van der Waals surface area contributed by atoms with E-state index in [9.17, 15) is 9.18 Å². The van der Waals surface area contributed by atoms with Gasteiger partial charge in [0.1, 0.15) is 11.6 Å². The van der Waals surface area contributed by atoms with Gasteiger partial charge >= 0.3 is 5.97 Å². The van der Waals surface area contributed by atoms with Crippen LogP contribution in [0.5, 0.6) is 5.75 Å². The fourth-order valence-electron chi connectivity index (χ4n) is 2.20. The third-order valence-corrected chi connectivity index (χ3v) is 3.66. The summed E-state index contributed by atoms with van der Waals surface area (Å²) in [5, 5.41) is 16.3. The quantitative estimate of drug-likeness (QED) is 0.409. The maximum atomic E-state index is 12.9. The molecule has 0 aliphatic heterocycles. The minimum Gasteiger partial charge on any atom is -0.496 e. The number of nitrogens with one attached hydrogen (secondary N) is 2. The topological polar surface area (TPSA) is 83.0 Å². The van der Waals surface area contributed by atoms with E-state index in [4.69, 9.17) is 22.1 Å². The van der Waals surface area contributed by atoms with Crippen molar-refractivity contribution in [1.29, 1.82) is 0 Å². The monoisotopic (exact) mass is 375 g/mol. The first-order valence-electron chi connectivity index (χ1n) is 7.65. The lowest BCUT2D eigenvalue weighted by Crippen LogP contribution is -2.25. The number of aliphatic carboxylic acids is 1. The molecule has 0 atom stereocenters. The molecular weight excluding hydrogens is 357 g/mol. The van der Waals surface area contributed by atoms with Gasteiger partial charge in [-0.2, -0.15) is 5.10 Å². The van der Waals surface area contributed by atoms with Gasteiger partial charge in [-0.05, 0) is 67.2 Å². The molecule has 0 unspecified atom stereocenters. The Kier molecular flexibility index (Phi) is 6.62. The fourth-order valence-corrected chi connectivity index (χ4v) is 2.36. The molecule has 26 heavy (non-hydrogen) atoms. The van der Waals surface area contributed by atoms with Crippen LogP contribution in [0.4, 0.5) is 10.1 Å². The number of benzene rings is 2. The molecule has 0 amide bonds. The Morgan fingerprint density at radius 3 is 2.58 bits per heavy atom. The Morgan fingerprint density at radius 1 is 1.27 bits per heavy atom. The van der Waals surface area contributed by atoms with E-state index in [2.05, 4.69) is 15.8 Å². The largest absolute Gasteiger partial charge is 0.496 e. The van der Waals surface area contributed by atoms with Crippen molar-refractivity contribution in [2.75, 3.05) is 12.4 Å². The summed E-state index contributed by atoms with van der Waals surface area (Å²) >= 11 is 5.14. The van der Waals surface area contributed by atoms with Crippen LogP contribution in [0.1, 0.15) is 18.1 Å². The van der Waals surface area contributed by atoms with E-state index in [0.29, 0.717) is 22.7 Å². The second-order valence-electron chi connectivity index (χ2n) is 5.37. The second kappa shape index (κ2) is 8.91. The van der Waals surface area contributed by atoms with Crippen LogP contribution in [0.2, 0.25) is 0 Å². The van der Waals surface area contributed by atoms with Crippen LogP contribution in [0, 0.1) is 5.82 Å². The molecule has 3 N–H and O–H groups in total. The molecule has 0 saturated carbocycles. The predicted octanol–water partition coefficient (Wildman–Crippen LogP) is 3.17. The van der Waals surface area contributed by atoms with E-state index in [0.717, 1.165) is 5.56 Å². The number of anilines is 1. The molecule has 0 aromatic heterocycles. The number of hydrogen-bond acceptors (Lipinski definition) is 4. The molecule has 0 radical (unpaired) electrons. The molecule has 2 aromatic carbocycles. The van der Waals surface area contributed by atoms with Crippen molar-refractivity contribution in [2.24, 2.45) is 5.10 Å². The molecule has 0 aliphatic rings. The average molecular weight is 375 g/mol. The zero-order valence-corrected chi connectivity index (χ0v) is 15.1. The first-order valence-corrected chi connectivity index (χ1v) is 8.06. The lowest BCUT2D eigenvalue weighted by molar-refractivity contribution is -0.136. The van der Waals surface area contributed by atoms with Crippen molar-refractivity contribution in [1.82, 2.24) is 5.43 Å². The van der Waals surface area contributed by atoms with E-state index in [1.807, 2.05) is 0 Å². The maximum Gasteiger partial charge on any atom is 0.307 e. The van der Waals surface area contributed by atoms with E-state index < -0.39 is 5.97 Å². The minimum absolute atomic E-state index is 0.151. The molecule has 2 aromatic rings. The third kappa shape index (κ3) is 5.52. The van der Waals surface area contributed by atoms with Crippen molar-refractivity contribution >= 4 is 34.7 Å². The number of rotatable bonds is 6. The molecule has 0 spiro atoms. The number of hydrazone groups is 1. The van der Waals surface area contributed by atoms with Crippen molar-refractivity contribution in [3.63, 3.8) is 0 Å². The maximum absolute atomic E-state index is 12.9. The summed E-state index contributed by atoms with van der Waals surface area (Å²) in [7, 11) is 1.49. The molecule has 2 rings (SSSR count). The third-order valence-electron chi connectivity index (χ3n) is 3.47. The number of nitrogens with zero attached hydrogens (tertiary/aromatic N) is 1. The Bertz CT molecular complexity index is 838. The molecular formula is C18H18FN3O3S. The second-order valence-corrected chi connectivity index (χ2v) is 5.78. The highest BCUT2D eigenvalue weighted by molar-refractivity contribution is 7.80. The number of methoxy groups -OCH3 is 1. The molecule has 0 fully saturated rings. The smallest absolute Gasteiger partial charge is 0.307 e. The Labute approximate surface area is 155 Å². The van der Waals surface area contributed by atoms with Gasteiger partial charge in [0, 0.05) is 11.3 Å². The number of thiocarbonyl (C=S) groups is 1. The summed E-state index contributed by atoms with van der Waals surface area (Å²) in [4.78, 5) is 11.0. The normalized spacial score (nSPS) is 11.0. The van der Waals surface area contributed by atoms with Gasteiger partial charge in [0.2, 0.25) is 0 Å². The summed E-state index contributed by atoms with van der Waals surface area (Å²) in [6.45, 7) is 1.76. The van der Waals surface area contributed by atoms with Crippen LogP contribution in [0.15, 0.2) is 47.6 Å². The molecule has 0 heterocycles. The van der Waals surface area contributed by atoms with Gasteiger partial charge in [-0.1, -0.05) is 0 Å². The highest BCUT2D eigenvalue weighted by atomic mass is 32.1. The van der Waals surface area contributed by atoms with E-state index in [1.54, 1.807) is 37.3 Å². The number of carboxylic acid groups (broad SMARTS) is 1. The number of carbonyl (C=O) groups is 1. The molecule has 0 aliphatic carbocycles. The lowest BCUT2D eigenvalue weighted by atomic mass is 10.0. The molecule has 136 valence electrons. The minimum atomic E-state index is -0.946. The van der Waals surface area contributed by atoms with E-state index in [-0.39, 0.29) is 17.4 Å². The summed E-state index contributed by atoms with van der Waals surface area (Å²) in [6.07, 6.45) is -0.151. The highest BCUT2D eigenvalue weighted by Gasteiger charge is 2.10. The number of carboxylic acids is 1. The van der Waals surface area contributed by atoms with Gasteiger partial charge in [0.05, 0.1) is 19.2 Å². The summed E-state index contributed by atoms with van der Waals surface area (Å²) < 4.78 is 18.1. The van der Waals surface area contributed by atoms with Crippen LogP contribution in [-0.4, -0.2) is 29.0 Å². The van der Waals surface area contributed by atoms with Gasteiger partial charge in [-0.25, -0.2) is 4.39 Å². The van der Waals surface area contributed by atoms with Crippen molar-refractivity contribution in [3.05, 3.63) is 59.4 Å². The predicted molar refractivity (Wildman–Crippen MR) is 102 cm³/mol. The van der Waals surface area contributed by atoms with Gasteiger partial charge in [-0.3, -0.25) is 10.2 Å². The molecule has 6 nitrogen and oxygen atoms in total. The summed E-state index contributed by atoms with van der Waals surface area (Å²) in [6, 6.07) is 10.9. The van der Waals surface area contributed by atoms with Crippen LogP contribution >= 0.6 is 12.2 Å². The van der Waals surface area contributed by atoms with Crippen LogP contribution in [-0.2, 0) is 11.2 Å². The lowest BCUT2D eigenvalue weighted by Gasteiger charge is -2.10. The standard InChI is InChI=1S/C18H18FN3O3S/c1-11(12-3-8-16(25-2)13(9-12)10-17(23)24)21-22-18(26)20-15-6-4-14(19)5-7-15/h3-9H,10H2,1-2H3,(H,23,24)(H2,20,22,26)/b21-11-. The number of halogens is 1. The van der Waals surface area contributed by atoms with E-state index >= 15 is 0 Å². The van der Waals surface area contributed by atoms with E-state index in [1.165, 1.54) is 19.2 Å². The number of ether oxygens (including phenoxy) is 1. The first kappa shape index (κ1) is 19.3. The zero-order chi connectivity index (χ0) is 19.1. The summed E-state index contributed by atoms with van der Waals surface area (Å²) in [5.74, 6) is -0.775. The SMILES string of the molecule is COc1ccc(/C(C)=N\NC(=S)Nc2ccc(F)cc2)cc1CC(=O)O. The molecule has 0 bridgehead atoms. The fraction of sp³-hybridized carbons (Fsp3) is 0.167. The Morgan fingerprint density at radius 2 is 1.96 bits per heavy atom. The van der Waals surface area contributed by atoms with Gasteiger partial charge in [-0.15, -0.1) is 0 Å². The van der Waals surface area contributed by atoms with Crippen LogP contribution in [0.25, 0.3) is 0 Å². The molecule has 0 saturated heterocycles. The van der Waals surface area contributed by atoms with Gasteiger partial charge < -0.3 is 15.2 Å². The molecule has 8 heteroatoms. The van der Waals surface area contributed by atoms with Crippen molar-refractivity contribution in [2.45, 2.75) is 13.3 Å². The Balaban J connectivity index is 2.07. The van der Waals surface area contributed by atoms with Gasteiger partial charge in [0.15, 0.2) is 5.11 Å². The number of hydrogen-bond donors (Lipinski definition) is 3. The van der Waals surface area contributed by atoms with Crippen molar-refractivity contribution < 1.29 is 19.0 Å². The first-order chi connectivity index (χ1) is 12.4. The highest BCUT2D eigenvalue weighted by Crippen LogP contribution is 2.21. The van der Waals surface area contributed by atoms with Crippen LogP contribution in [0.3, 0.4) is 0 Å². The van der Waals surface area contributed by atoms with Crippen LogP contribution < -0.4 is 15.5 Å². The average Bonchev–Trinajstić information content (AvgIpc) is 2.61. The zero-order valence-electron chi connectivity index (χ0n) is 14.2. The van der Waals surface area contributed by atoms with Gasteiger partial charge in [0.25, 0.3) is 0 Å². The summed E-state index contributed by atoms with van der Waals surface area (Å²) in [5.41, 5.74) is 5.23. The Hall–Kier alpha value is -3.00.